The van der Waals surface area contributed by atoms with Crippen molar-refractivity contribution in [2.75, 3.05) is 13.1 Å². The highest BCUT2D eigenvalue weighted by atomic mass is 32.2. The molecule has 0 aliphatic carbocycles. The molecular formula is C18H19NO2S. The van der Waals surface area contributed by atoms with Gasteiger partial charge in [0, 0.05) is 5.39 Å². The standard InChI is InChI=1S/C18H19NO2S/c1-13-17(19-11-5-2-6-12-19)16-10-9-14-7-3-4-8-15(14)18(16)22(13,20)21/h3-4,7-10,17H,1-2,5-6,11-12H2. The average molecular weight is 313 g/mol. The number of rotatable bonds is 1. The quantitative estimate of drug-likeness (QED) is 0.806. The van der Waals surface area contributed by atoms with Gasteiger partial charge >= 0.3 is 0 Å². The minimum atomic E-state index is -3.45. The second kappa shape index (κ2) is 4.93. The molecule has 2 aliphatic rings. The summed E-state index contributed by atoms with van der Waals surface area (Å²) in [6.45, 7) is 5.86. The summed E-state index contributed by atoms with van der Waals surface area (Å²) in [5.74, 6) is 0. The number of fused-ring (bicyclic) bond motifs is 3. The Morgan fingerprint density at radius 3 is 2.50 bits per heavy atom. The maximum absolute atomic E-state index is 12.9. The van der Waals surface area contributed by atoms with Crippen LogP contribution >= 0.6 is 0 Å². The molecule has 1 fully saturated rings. The van der Waals surface area contributed by atoms with Crippen molar-refractivity contribution in [2.24, 2.45) is 0 Å². The second-order valence-corrected chi connectivity index (χ2v) is 8.11. The van der Waals surface area contributed by atoms with Crippen molar-refractivity contribution in [3.05, 3.63) is 53.4 Å². The molecule has 4 rings (SSSR count). The Morgan fingerprint density at radius 1 is 1.00 bits per heavy atom. The van der Waals surface area contributed by atoms with Gasteiger partial charge in [0.15, 0.2) is 0 Å². The average Bonchev–Trinajstić information content (AvgIpc) is 2.75. The third-order valence-electron chi connectivity index (χ3n) is 4.88. The molecule has 1 saturated heterocycles. The zero-order valence-corrected chi connectivity index (χ0v) is 13.3. The van der Waals surface area contributed by atoms with Gasteiger partial charge in [0.25, 0.3) is 0 Å². The summed E-state index contributed by atoms with van der Waals surface area (Å²) in [6.07, 6.45) is 3.49. The smallest absolute Gasteiger partial charge is 0.205 e. The van der Waals surface area contributed by atoms with Gasteiger partial charge in [0.05, 0.1) is 15.8 Å². The van der Waals surface area contributed by atoms with Gasteiger partial charge < -0.3 is 0 Å². The molecule has 0 radical (unpaired) electrons. The number of hydrogen-bond acceptors (Lipinski definition) is 3. The molecule has 3 nitrogen and oxygen atoms in total. The van der Waals surface area contributed by atoms with Crippen LogP contribution in [-0.4, -0.2) is 26.4 Å². The van der Waals surface area contributed by atoms with Gasteiger partial charge in [-0.2, -0.15) is 0 Å². The van der Waals surface area contributed by atoms with Crippen LogP contribution in [0.5, 0.6) is 0 Å². The van der Waals surface area contributed by atoms with E-state index in [2.05, 4.69) is 11.5 Å². The van der Waals surface area contributed by atoms with Crippen LogP contribution in [0.15, 0.2) is 52.8 Å². The number of hydrogen-bond donors (Lipinski definition) is 0. The van der Waals surface area contributed by atoms with Crippen LogP contribution in [0.3, 0.4) is 0 Å². The highest BCUT2D eigenvalue weighted by Gasteiger charge is 2.43. The Balaban J connectivity index is 1.96. The lowest BCUT2D eigenvalue weighted by molar-refractivity contribution is 0.190. The summed E-state index contributed by atoms with van der Waals surface area (Å²) in [5, 5.41) is 1.79. The summed E-state index contributed by atoms with van der Waals surface area (Å²) in [4.78, 5) is 3.11. The zero-order valence-electron chi connectivity index (χ0n) is 12.5. The largest absolute Gasteiger partial charge is 0.292 e. The number of benzene rings is 2. The first kappa shape index (κ1) is 14.0. The fourth-order valence-corrected chi connectivity index (χ4v) is 5.60. The van der Waals surface area contributed by atoms with E-state index in [1.807, 2.05) is 36.4 Å². The lowest BCUT2D eigenvalue weighted by Crippen LogP contribution is -2.33. The number of nitrogens with zero attached hydrogens (tertiary/aromatic N) is 1. The van der Waals surface area contributed by atoms with E-state index in [-0.39, 0.29) is 6.04 Å². The molecule has 2 heterocycles. The fraction of sp³-hybridized carbons (Fsp3) is 0.333. The molecular weight excluding hydrogens is 294 g/mol. The van der Waals surface area contributed by atoms with Gasteiger partial charge in [-0.1, -0.05) is 49.4 Å². The molecule has 4 heteroatoms. The van der Waals surface area contributed by atoms with Crippen LogP contribution in [0.1, 0.15) is 30.9 Å². The molecule has 0 spiro atoms. The van der Waals surface area contributed by atoms with E-state index in [0.29, 0.717) is 9.80 Å². The third kappa shape index (κ3) is 1.87. The Bertz CT molecular complexity index is 864. The van der Waals surface area contributed by atoms with Crippen LogP contribution < -0.4 is 0 Å². The molecule has 1 atom stereocenters. The number of piperidine rings is 1. The lowest BCUT2D eigenvalue weighted by atomic mass is 9.99. The van der Waals surface area contributed by atoms with Crippen LogP contribution in [0, 0.1) is 0 Å². The third-order valence-corrected chi connectivity index (χ3v) is 6.79. The Labute approximate surface area is 131 Å². The summed E-state index contributed by atoms with van der Waals surface area (Å²) in [7, 11) is -3.45. The Morgan fingerprint density at radius 2 is 1.73 bits per heavy atom. The van der Waals surface area contributed by atoms with Crippen LogP contribution in [0.25, 0.3) is 10.8 Å². The SMILES string of the molecule is C=C1C(N2CCCCC2)c2ccc3ccccc3c2S1(=O)=O. The molecule has 0 amide bonds. The van der Waals surface area contributed by atoms with Crippen molar-refractivity contribution in [1.29, 1.82) is 0 Å². The molecule has 0 saturated carbocycles. The topological polar surface area (TPSA) is 37.4 Å². The molecule has 0 N–H and O–H groups in total. The maximum Gasteiger partial charge on any atom is 0.205 e. The normalized spacial score (nSPS) is 24.5. The maximum atomic E-state index is 12.9. The van der Waals surface area contributed by atoms with Crippen LogP contribution in [0.4, 0.5) is 0 Å². The van der Waals surface area contributed by atoms with Gasteiger partial charge in [-0.15, -0.1) is 0 Å². The first-order valence-electron chi connectivity index (χ1n) is 7.80. The van der Waals surface area contributed by atoms with E-state index in [9.17, 15) is 8.42 Å². The van der Waals surface area contributed by atoms with Crippen molar-refractivity contribution in [2.45, 2.75) is 30.2 Å². The molecule has 1 unspecified atom stereocenters. The number of likely N-dealkylation sites (tertiary alicyclic amines) is 1. The van der Waals surface area contributed by atoms with Crippen molar-refractivity contribution in [1.82, 2.24) is 4.90 Å². The second-order valence-electron chi connectivity index (χ2n) is 6.17. The Kier molecular flexibility index (Phi) is 3.13. The highest BCUT2D eigenvalue weighted by molar-refractivity contribution is 7.95. The molecule has 0 aromatic heterocycles. The van der Waals surface area contributed by atoms with Gasteiger partial charge in [0.2, 0.25) is 9.84 Å². The zero-order chi connectivity index (χ0) is 15.3. The van der Waals surface area contributed by atoms with E-state index in [4.69, 9.17) is 0 Å². The predicted molar refractivity (Wildman–Crippen MR) is 88.4 cm³/mol. The van der Waals surface area contributed by atoms with E-state index >= 15 is 0 Å². The van der Waals surface area contributed by atoms with Gasteiger partial charge in [-0.3, -0.25) is 4.90 Å². The van der Waals surface area contributed by atoms with Gasteiger partial charge in [-0.25, -0.2) is 8.42 Å². The van der Waals surface area contributed by atoms with Crippen molar-refractivity contribution in [3.8, 4) is 0 Å². The molecule has 0 bridgehead atoms. The summed E-state index contributed by atoms with van der Waals surface area (Å²) >= 11 is 0. The van der Waals surface area contributed by atoms with E-state index in [1.165, 1.54) is 6.42 Å². The first-order valence-corrected chi connectivity index (χ1v) is 9.28. The van der Waals surface area contributed by atoms with Crippen molar-refractivity contribution >= 4 is 20.6 Å². The summed E-state index contributed by atoms with van der Waals surface area (Å²) in [5.41, 5.74) is 0.908. The number of sulfone groups is 1. The fourth-order valence-electron chi connectivity index (χ4n) is 3.80. The van der Waals surface area contributed by atoms with Gasteiger partial charge in [0.1, 0.15) is 0 Å². The summed E-state index contributed by atoms with van der Waals surface area (Å²) in [6, 6.07) is 11.5. The molecule has 2 aromatic rings. The van der Waals surface area contributed by atoms with Gasteiger partial charge in [-0.05, 0) is 36.9 Å². The van der Waals surface area contributed by atoms with Crippen molar-refractivity contribution in [3.63, 3.8) is 0 Å². The van der Waals surface area contributed by atoms with E-state index < -0.39 is 9.84 Å². The Hall–Kier alpha value is -1.65. The monoisotopic (exact) mass is 313 g/mol. The molecule has 2 aromatic carbocycles. The first-order chi connectivity index (χ1) is 10.6. The molecule has 2 aliphatic heterocycles. The van der Waals surface area contributed by atoms with E-state index in [1.54, 1.807) is 0 Å². The lowest BCUT2D eigenvalue weighted by Gasteiger charge is -2.32. The van der Waals surface area contributed by atoms with Crippen molar-refractivity contribution < 1.29 is 8.42 Å². The molecule has 22 heavy (non-hydrogen) atoms. The van der Waals surface area contributed by atoms with Crippen LogP contribution in [-0.2, 0) is 9.84 Å². The van der Waals surface area contributed by atoms with E-state index in [0.717, 1.165) is 42.3 Å². The predicted octanol–water partition coefficient (Wildman–Crippen LogP) is 3.67. The summed E-state index contributed by atoms with van der Waals surface area (Å²) < 4.78 is 25.8. The minimum absolute atomic E-state index is 0.176. The molecule has 114 valence electrons. The van der Waals surface area contributed by atoms with Crippen LogP contribution in [0.2, 0.25) is 0 Å². The minimum Gasteiger partial charge on any atom is -0.292 e. The highest BCUT2D eigenvalue weighted by Crippen LogP contribution is 2.47.